The number of carbonyl (C=O) groups is 3. The fourth-order valence-electron chi connectivity index (χ4n) is 3.24. The van der Waals surface area contributed by atoms with Crippen molar-refractivity contribution in [1.29, 1.82) is 0 Å². The smallest absolute Gasteiger partial charge is 0.416 e. The number of sulfone groups is 1. The number of halogens is 3. The summed E-state index contributed by atoms with van der Waals surface area (Å²) in [6, 6.07) is 3.09. The zero-order valence-electron chi connectivity index (χ0n) is 16.9. The average Bonchev–Trinajstić information content (AvgIpc) is 3.07. The number of hydrazone groups is 1. The van der Waals surface area contributed by atoms with E-state index < -0.39 is 51.5 Å². The minimum absolute atomic E-state index is 0.0269. The Balaban J connectivity index is 1.61. The Morgan fingerprint density at radius 1 is 1.22 bits per heavy atom. The Bertz CT molecular complexity index is 1050. The molecule has 1 saturated heterocycles. The molecular formula is C19H20F3N3O6S. The quantitative estimate of drug-likeness (QED) is 0.648. The van der Waals surface area contributed by atoms with Crippen LogP contribution in [0.3, 0.4) is 0 Å². The molecule has 2 amide bonds. The molecule has 0 aliphatic carbocycles. The van der Waals surface area contributed by atoms with E-state index in [0.717, 1.165) is 29.3 Å². The molecule has 0 unspecified atom stereocenters. The molecule has 9 nitrogen and oxygen atoms in total. The van der Waals surface area contributed by atoms with Crippen molar-refractivity contribution in [3.63, 3.8) is 0 Å². The van der Waals surface area contributed by atoms with Crippen molar-refractivity contribution in [1.82, 2.24) is 5.01 Å². The van der Waals surface area contributed by atoms with Crippen LogP contribution >= 0.6 is 0 Å². The second-order valence-corrected chi connectivity index (χ2v) is 9.68. The number of carbonyl (C=O) groups excluding carboxylic acids is 3. The number of nitrogens with one attached hydrogen (secondary N) is 1. The highest BCUT2D eigenvalue weighted by atomic mass is 32.2. The molecule has 3 rings (SSSR count). The molecule has 2 atom stereocenters. The van der Waals surface area contributed by atoms with E-state index >= 15 is 0 Å². The Morgan fingerprint density at radius 2 is 1.88 bits per heavy atom. The van der Waals surface area contributed by atoms with Gasteiger partial charge in [0.05, 0.1) is 23.1 Å². The summed E-state index contributed by atoms with van der Waals surface area (Å²) in [5, 5.41) is 7.30. The Kier molecular flexibility index (Phi) is 6.58. The van der Waals surface area contributed by atoms with Crippen LogP contribution in [-0.4, -0.2) is 60.6 Å². The van der Waals surface area contributed by atoms with Gasteiger partial charge in [0.15, 0.2) is 15.9 Å². The lowest BCUT2D eigenvalue weighted by molar-refractivity contribution is -0.147. The molecule has 1 fully saturated rings. The zero-order chi connectivity index (χ0) is 23.7. The van der Waals surface area contributed by atoms with Crippen LogP contribution in [0.25, 0.3) is 0 Å². The highest BCUT2D eigenvalue weighted by molar-refractivity contribution is 7.91. The summed E-state index contributed by atoms with van der Waals surface area (Å²) in [5.41, 5.74) is -0.914. The van der Waals surface area contributed by atoms with Crippen molar-refractivity contribution in [3.8, 4) is 0 Å². The van der Waals surface area contributed by atoms with Crippen LogP contribution in [0.5, 0.6) is 0 Å². The van der Waals surface area contributed by atoms with Gasteiger partial charge in [0.1, 0.15) is 5.71 Å². The van der Waals surface area contributed by atoms with Gasteiger partial charge in [-0.15, -0.1) is 0 Å². The number of amides is 2. The molecule has 0 radical (unpaired) electrons. The third kappa shape index (κ3) is 5.64. The van der Waals surface area contributed by atoms with E-state index in [1.807, 2.05) is 0 Å². The second-order valence-electron chi connectivity index (χ2n) is 7.45. The maximum absolute atomic E-state index is 12.6. The number of rotatable bonds is 5. The highest BCUT2D eigenvalue weighted by Gasteiger charge is 2.38. The van der Waals surface area contributed by atoms with Gasteiger partial charge in [0, 0.05) is 18.5 Å². The van der Waals surface area contributed by atoms with Crippen LogP contribution in [0, 0.1) is 0 Å². The van der Waals surface area contributed by atoms with Crippen molar-refractivity contribution in [3.05, 3.63) is 29.8 Å². The highest BCUT2D eigenvalue weighted by Crippen LogP contribution is 2.30. The molecule has 0 spiro atoms. The lowest BCUT2D eigenvalue weighted by atomic mass is 10.1. The van der Waals surface area contributed by atoms with Gasteiger partial charge >= 0.3 is 12.1 Å². The number of alkyl halides is 3. The molecule has 32 heavy (non-hydrogen) atoms. The van der Waals surface area contributed by atoms with Gasteiger partial charge in [-0.05, 0) is 37.6 Å². The zero-order valence-corrected chi connectivity index (χ0v) is 17.7. The van der Waals surface area contributed by atoms with E-state index in [0.29, 0.717) is 0 Å². The lowest BCUT2D eigenvalue weighted by Gasteiger charge is -2.27. The molecule has 0 bridgehead atoms. The molecule has 2 heterocycles. The van der Waals surface area contributed by atoms with Crippen molar-refractivity contribution in [2.75, 3.05) is 16.8 Å². The fourth-order valence-corrected chi connectivity index (χ4v) is 4.93. The van der Waals surface area contributed by atoms with Gasteiger partial charge in [0.2, 0.25) is 5.91 Å². The fraction of sp³-hybridized carbons (Fsp3) is 0.474. The minimum Gasteiger partial charge on any atom is -0.448 e. The minimum atomic E-state index is -4.51. The number of hydrogen-bond acceptors (Lipinski definition) is 7. The molecule has 0 aromatic heterocycles. The summed E-state index contributed by atoms with van der Waals surface area (Å²) >= 11 is 0. The third-order valence-corrected chi connectivity index (χ3v) is 6.73. The number of ether oxygens (including phenoxy) is 1. The van der Waals surface area contributed by atoms with Crippen LogP contribution in [0.2, 0.25) is 0 Å². The molecule has 2 aliphatic rings. The second kappa shape index (κ2) is 8.88. The summed E-state index contributed by atoms with van der Waals surface area (Å²) in [6.45, 7) is 1.27. The van der Waals surface area contributed by atoms with E-state index in [2.05, 4.69) is 10.4 Å². The van der Waals surface area contributed by atoms with Crippen LogP contribution in [0.1, 0.15) is 31.7 Å². The van der Waals surface area contributed by atoms with Gasteiger partial charge in [0.25, 0.3) is 5.91 Å². The van der Waals surface area contributed by atoms with Crippen molar-refractivity contribution >= 4 is 39.0 Å². The number of anilines is 1. The topological polar surface area (TPSA) is 122 Å². The molecular weight excluding hydrogens is 455 g/mol. The Morgan fingerprint density at radius 3 is 2.44 bits per heavy atom. The number of benzene rings is 1. The summed E-state index contributed by atoms with van der Waals surface area (Å²) in [6.07, 6.45) is -5.68. The molecule has 0 saturated carbocycles. The first kappa shape index (κ1) is 23.7. The predicted molar refractivity (Wildman–Crippen MR) is 106 cm³/mol. The van der Waals surface area contributed by atoms with Crippen molar-refractivity contribution < 1.29 is 40.7 Å². The summed E-state index contributed by atoms with van der Waals surface area (Å²) in [5.74, 6) is -2.44. The maximum atomic E-state index is 12.6. The SMILES string of the molecule is C[C@H](OC(=O)C1=NN([C@@H]2CCS(=O)(=O)C2)C(=O)CC1)C(=O)Nc1ccc(C(F)(F)F)cc1. The standard InChI is InChI=1S/C19H20F3N3O6S/c1-11(17(27)23-13-4-2-12(3-5-13)19(20,21)22)31-18(28)15-6-7-16(26)25(24-15)14-8-9-32(29,30)10-14/h2-5,11,14H,6-10H2,1H3,(H,23,27)/t11-,14+/m0/s1. The first-order valence-corrected chi connectivity index (χ1v) is 11.5. The first-order valence-electron chi connectivity index (χ1n) is 9.65. The van der Waals surface area contributed by atoms with Crippen LogP contribution in [-0.2, 0) is 35.1 Å². The van der Waals surface area contributed by atoms with E-state index in [1.165, 1.54) is 6.92 Å². The van der Waals surface area contributed by atoms with Crippen molar-refractivity contribution in [2.24, 2.45) is 5.10 Å². The predicted octanol–water partition coefficient (Wildman–Crippen LogP) is 1.74. The largest absolute Gasteiger partial charge is 0.448 e. The molecule has 2 aliphatic heterocycles. The van der Waals surface area contributed by atoms with Crippen molar-refractivity contribution in [2.45, 2.75) is 44.5 Å². The summed E-state index contributed by atoms with van der Waals surface area (Å²) in [4.78, 5) is 36.7. The van der Waals surface area contributed by atoms with Gasteiger partial charge in [-0.3, -0.25) is 9.59 Å². The molecule has 174 valence electrons. The number of esters is 1. The summed E-state index contributed by atoms with van der Waals surface area (Å²) < 4.78 is 66.2. The average molecular weight is 475 g/mol. The van der Waals surface area contributed by atoms with Gasteiger partial charge in [-0.1, -0.05) is 0 Å². The van der Waals surface area contributed by atoms with E-state index in [1.54, 1.807) is 0 Å². The Labute approximate surface area is 181 Å². The van der Waals surface area contributed by atoms with E-state index in [-0.39, 0.29) is 42.2 Å². The van der Waals surface area contributed by atoms with Gasteiger partial charge < -0.3 is 10.1 Å². The number of hydrogen-bond donors (Lipinski definition) is 1. The van der Waals surface area contributed by atoms with E-state index in [4.69, 9.17) is 4.74 Å². The summed E-state index contributed by atoms with van der Waals surface area (Å²) in [7, 11) is -3.27. The maximum Gasteiger partial charge on any atom is 0.416 e. The Hall–Kier alpha value is -2.96. The number of nitrogens with zero attached hydrogens (tertiary/aromatic N) is 2. The van der Waals surface area contributed by atoms with Crippen LogP contribution < -0.4 is 5.32 Å². The van der Waals surface area contributed by atoms with Gasteiger partial charge in [-0.2, -0.15) is 18.3 Å². The monoisotopic (exact) mass is 475 g/mol. The van der Waals surface area contributed by atoms with Crippen LogP contribution in [0.4, 0.5) is 18.9 Å². The molecule has 1 N–H and O–H groups in total. The molecule has 1 aromatic rings. The lowest BCUT2D eigenvalue weighted by Crippen LogP contribution is -2.42. The van der Waals surface area contributed by atoms with Crippen LogP contribution in [0.15, 0.2) is 29.4 Å². The van der Waals surface area contributed by atoms with E-state index in [9.17, 15) is 36.0 Å². The third-order valence-electron chi connectivity index (χ3n) is 4.98. The normalized spacial score (nSPS) is 21.6. The first-order chi connectivity index (χ1) is 14.9. The molecule has 1 aromatic carbocycles. The van der Waals surface area contributed by atoms with Gasteiger partial charge in [-0.25, -0.2) is 18.2 Å². The molecule has 13 heteroatoms.